The van der Waals surface area contributed by atoms with Gasteiger partial charge in [-0.15, -0.1) is 0 Å². The first-order valence-corrected chi connectivity index (χ1v) is 11.4. The van der Waals surface area contributed by atoms with E-state index in [0.717, 1.165) is 28.3 Å². The Balaban J connectivity index is 1.32. The molecule has 1 N–H and O–H groups in total. The Morgan fingerprint density at radius 2 is 1.74 bits per heavy atom. The molecule has 0 atom stereocenters. The molecule has 1 amide bonds. The molecule has 0 unspecified atom stereocenters. The fourth-order valence-corrected chi connectivity index (χ4v) is 4.49. The van der Waals surface area contributed by atoms with Gasteiger partial charge in [0.05, 0.1) is 30.2 Å². The molecule has 0 saturated carbocycles. The van der Waals surface area contributed by atoms with Crippen LogP contribution in [0.1, 0.15) is 32.9 Å². The summed E-state index contributed by atoms with van der Waals surface area (Å²) in [5.41, 5.74) is 7.03. The van der Waals surface area contributed by atoms with Crippen molar-refractivity contribution in [3.63, 3.8) is 0 Å². The van der Waals surface area contributed by atoms with E-state index in [1.54, 1.807) is 23.1 Å². The Hall–Kier alpha value is -4.46. The average Bonchev–Trinajstić information content (AvgIpc) is 3.64. The molecule has 0 fully saturated rings. The topological polar surface area (TPSA) is 71.7 Å². The maximum atomic E-state index is 13.3. The molecule has 0 aliphatic carbocycles. The van der Waals surface area contributed by atoms with Crippen LogP contribution in [0.3, 0.4) is 0 Å². The van der Waals surface area contributed by atoms with E-state index in [1.807, 2.05) is 33.8 Å². The van der Waals surface area contributed by atoms with Crippen molar-refractivity contribution < 1.29 is 9.18 Å². The number of amides is 1. The average molecular weight is 467 g/mol. The van der Waals surface area contributed by atoms with Gasteiger partial charge >= 0.3 is 0 Å². The zero-order valence-electron chi connectivity index (χ0n) is 19.4. The minimum Gasteiger partial charge on any atom is -0.327 e. The Bertz CT molecular complexity index is 1550. The lowest BCUT2D eigenvalue weighted by Crippen LogP contribution is -2.26. The van der Waals surface area contributed by atoms with E-state index in [0.29, 0.717) is 24.5 Å². The van der Waals surface area contributed by atoms with Gasteiger partial charge in [0.25, 0.3) is 5.91 Å². The van der Waals surface area contributed by atoms with Crippen molar-refractivity contribution in [2.75, 3.05) is 0 Å². The molecule has 0 radical (unpaired) electrons. The first kappa shape index (κ1) is 21.1. The van der Waals surface area contributed by atoms with E-state index in [1.165, 1.54) is 23.3 Å². The Morgan fingerprint density at radius 1 is 0.971 bits per heavy atom. The molecule has 2 aromatic carbocycles. The summed E-state index contributed by atoms with van der Waals surface area (Å²) in [6.07, 6.45) is 3.98. The van der Waals surface area contributed by atoms with Crippen LogP contribution in [0.25, 0.3) is 22.8 Å². The molecule has 4 heterocycles. The van der Waals surface area contributed by atoms with E-state index in [4.69, 9.17) is 5.10 Å². The van der Waals surface area contributed by atoms with E-state index in [9.17, 15) is 9.18 Å². The van der Waals surface area contributed by atoms with Crippen LogP contribution in [0.4, 0.5) is 4.39 Å². The predicted octanol–water partition coefficient (Wildman–Crippen LogP) is 4.97. The number of carbonyl (C=O) groups excluding carboxylic acids is 1. The van der Waals surface area contributed by atoms with E-state index in [-0.39, 0.29) is 11.7 Å². The number of aromatic nitrogens is 5. The number of halogens is 1. The van der Waals surface area contributed by atoms with Crippen LogP contribution >= 0.6 is 0 Å². The van der Waals surface area contributed by atoms with Crippen LogP contribution < -0.4 is 0 Å². The van der Waals surface area contributed by atoms with Gasteiger partial charge < -0.3 is 9.47 Å². The lowest BCUT2D eigenvalue weighted by atomic mass is 10.1. The first-order chi connectivity index (χ1) is 17.0. The molecule has 7 nitrogen and oxygen atoms in total. The van der Waals surface area contributed by atoms with Gasteiger partial charge in [0, 0.05) is 23.5 Å². The van der Waals surface area contributed by atoms with Crippen LogP contribution in [-0.2, 0) is 13.1 Å². The van der Waals surface area contributed by atoms with Crippen molar-refractivity contribution in [1.29, 1.82) is 0 Å². The highest BCUT2D eigenvalue weighted by molar-refractivity contribution is 5.93. The summed E-state index contributed by atoms with van der Waals surface area (Å²) in [5, 5.41) is 12.0. The lowest BCUT2D eigenvalue weighted by molar-refractivity contribution is 0.0743. The van der Waals surface area contributed by atoms with Crippen LogP contribution in [0.15, 0.2) is 73.1 Å². The van der Waals surface area contributed by atoms with E-state index in [2.05, 4.69) is 42.2 Å². The number of rotatable bonds is 4. The standard InChI is InChI=1S/C27H23FN6O/c1-17-5-10-21(13-18(17)2)34-26(32-11-3-4-12-32)22-15-33(16-25(22)31-34)27(35)24-14-23(29-30-24)19-6-8-20(28)9-7-19/h3-14H,15-16H2,1-2H3,(H,29,30). The minimum absolute atomic E-state index is 0.153. The van der Waals surface area contributed by atoms with E-state index < -0.39 is 0 Å². The monoisotopic (exact) mass is 466 g/mol. The smallest absolute Gasteiger partial charge is 0.272 e. The van der Waals surface area contributed by atoms with E-state index >= 15 is 0 Å². The summed E-state index contributed by atoms with van der Waals surface area (Å²) in [5.74, 6) is 0.465. The fourth-order valence-electron chi connectivity index (χ4n) is 4.49. The van der Waals surface area contributed by atoms with Crippen molar-refractivity contribution in [1.82, 2.24) is 29.4 Å². The van der Waals surface area contributed by atoms with Crippen LogP contribution in [0, 0.1) is 19.7 Å². The highest BCUT2D eigenvalue weighted by Crippen LogP contribution is 2.32. The van der Waals surface area contributed by atoms with Gasteiger partial charge in [0.15, 0.2) is 0 Å². The summed E-state index contributed by atoms with van der Waals surface area (Å²) in [4.78, 5) is 15.1. The molecule has 0 spiro atoms. The second-order valence-corrected chi connectivity index (χ2v) is 8.85. The molecule has 5 aromatic rings. The third kappa shape index (κ3) is 3.63. The predicted molar refractivity (Wildman–Crippen MR) is 130 cm³/mol. The number of aryl methyl sites for hydroxylation is 2. The van der Waals surface area contributed by atoms with Crippen molar-refractivity contribution in [3.8, 4) is 22.8 Å². The Kier molecular flexibility index (Phi) is 4.88. The molecule has 174 valence electrons. The number of carbonyl (C=O) groups is 1. The van der Waals surface area contributed by atoms with Gasteiger partial charge in [-0.05, 0) is 79.6 Å². The van der Waals surface area contributed by atoms with Crippen molar-refractivity contribution in [3.05, 3.63) is 107 Å². The van der Waals surface area contributed by atoms with Gasteiger partial charge in [-0.3, -0.25) is 9.89 Å². The molecule has 0 bridgehead atoms. The number of nitrogens with one attached hydrogen (secondary N) is 1. The van der Waals surface area contributed by atoms with Crippen molar-refractivity contribution in [2.45, 2.75) is 26.9 Å². The molecular weight excluding hydrogens is 443 g/mol. The third-order valence-corrected chi connectivity index (χ3v) is 6.55. The van der Waals surface area contributed by atoms with Gasteiger partial charge in [-0.25, -0.2) is 9.07 Å². The SMILES string of the molecule is Cc1ccc(-n2nc3c(c2-n2cccc2)CN(C(=O)c2cc(-c4ccc(F)cc4)n[nH]2)C3)cc1C. The summed E-state index contributed by atoms with van der Waals surface area (Å²) >= 11 is 0. The summed E-state index contributed by atoms with van der Waals surface area (Å²) in [6.45, 7) is 5.04. The normalized spacial score (nSPS) is 12.8. The van der Waals surface area contributed by atoms with Crippen molar-refractivity contribution in [2.24, 2.45) is 0 Å². The highest BCUT2D eigenvalue weighted by Gasteiger charge is 2.32. The second-order valence-electron chi connectivity index (χ2n) is 8.85. The highest BCUT2D eigenvalue weighted by atomic mass is 19.1. The quantitative estimate of drug-likeness (QED) is 0.407. The molecule has 3 aromatic heterocycles. The summed E-state index contributed by atoms with van der Waals surface area (Å²) in [7, 11) is 0. The molecule has 35 heavy (non-hydrogen) atoms. The van der Waals surface area contributed by atoms with Gasteiger partial charge in [0.1, 0.15) is 17.3 Å². The Morgan fingerprint density at radius 3 is 2.49 bits per heavy atom. The number of H-pyrrole nitrogens is 1. The molecule has 1 aliphatic heterocycles. The zero-order chi connectivity index (χ0) is 24.1. The molecule has 0 saturated heterocycles. The van der Waals surface area contributed by atoms with Gasteiger partial charge in [0.2, 0.25) is 0 Å². The van der Waals surface area contributed by atoms with Gasteiger partial charge in [-0.1, -0.05) is 6.07 Å². The maximum Gasteiger partial charge on any atom is 0.272 e. The second kappa shape index (κ2) is 8.09. The number of hydrogen-bond donors (Lipinski definition) is 1. The lowest BCUT2D eigenvalue weighted by Gasteiger charge is -2.17. The van der Waals surface area contributed by atoms with Crippen LogP contribution in [0.5, 0.6) is 0 Å². The third-order valence-electron chi connectivity index (χ3n) is 6.55. The number of fused-ring (bicyclic) bond motifs is 1. The molecule has 6 rings (SSSR count). The maximum absolute atomic E-state index is 13.3. The largest absolute Gasteiger partial charge is 0.327 e. The number of aromatic amines is 1. The van der Waals surface area contributed by atoms with Crippen LogP contribution in [0.2, 0.25) is 0 Å². The summed E-state index contributed by atoms with van der Waals surface area (Å²) < 4.78 is 17.2. The number of benzene rings is 2. The molecule has 8 heteroatoms. The number of nitrogens with zero attached hydrogens (tertiary/aromatic N) is 5. The Labute approximate surface area is 201 Å². The summed E-state index contributed by atoms with van der Waals surface area (Å²) in [6, 6.07) is 18.0. The van der Waals surface area contributed by atoms with Crippen molar-refractivity contribution >= 4 is 5.91 Å². The molecule has 1 aliphatic rings. The first-order valence-electron chi connectivity index (χ1n) is 11.4. The minimum atomic E-state index is -0.313. The fraction of sp³-hybridized carbons (Fsp3) is 0.148. The zero-order valence-corrected chi connectivity index (χ0v) is 19.4. The molecular formula is C27H23FN6O. The van der Waals surface area contributed by atoms with Crippen LogP contribution in [-0.4, -0.2) is 35.4 Å². The van der Waals surface area contributed by atoms with Gasteiger partial charge in [-0.2, -0.15) is 10.2 Å². The number of hydrogen-bond acceptors (Lipinski definition) is 3.